The molecule has 1 atom stereocenters. The van der Waals surface area contributed by atoms with Crippen LogP contribution in [-0.2, 0) is 16.2 Å². The van der Waals surface area contributed by atoms with Crippen LogP contribution in [0.25, 0.3) is 0 Å². The fourth-order valence-corrected chi connectivity index (χ4v) is 2.99. The summed E-state index contributed by atoms with van der Waals surface area (Å²) in [6.45, 7) is 3.35. The second-order valence-electron chi connectivity index (χ2n) is 6.61. The molecule has 5 nitrogen and oxygen atoms in total. The van der Waals surface area contributed by atoms with E-state index < -0.39 is 0 Å². The topological polar surface area (TPSA) is 58.6 Å². The van der Waals surface area contributed by atoms with Crippen LogP contribution in [0.2, 0.25) is 0 Å². The van der Waals surface area contributed by atoms with E-state index in [0.717, 1.165) is 17.7 Å². The van der Waals surface area contributed by atoms with Crippen molar-refractivity contribution in [2.75, 3.05) is 18.0 Å². The summed E-state index contributed by atoms with van der Waals surface area (Å²) in [4.78, 5) is 26.0. The van der Waals surface area contributed by atoms with Crippen molar-refractivity contribution < 1.29 is 18.7 Å². The predicted molar refractivity (Wildman–Crippen MR) is 101 cm³/mol. The number of rotatable bonds is 7. The van der Waals surface area contributed by atoms with Crippen LogP contribution in [0.1, 0.15) is 25.3 Å². The maximum Gasteiger partial charge on any atom is 0.227 e. The summed E-state index contributed by atoms with van der Waals surface area (Å²) >= 11 is 0. The zero-order valence-corrected chi connectivity index (χ0v) is 15.3. The smallest absolute Gasteiger partial charge is 0.227 e. The Morgan fingerprint density at radius 3 is 2.56 bits per heavy atom. The average molecular weight is 370 g/mol. The molecule has 2 aromatic carbocycles. The Morgan fingerprint density at radius 2 is 1.89 bits per heavy atom. The molecular weight excluding hydrogens is 347 g/mol. The summed E-state index contributed by atoms with van der Waals surface area (Å²) in [5.74, 6) is -0.0379. The molecule has 1 saturated heterocycles. The lowest BCUT2D eigenvalue weighted by molar-refractivity contribution is -0.126. The molecule has 0 saturated carbocycles. The quantitative estimate of drug-likeness (QED) is 0.814. The maximum absolute atomic E-state index is 12.9. The van der Waals surface area contributed by atoms with Crippen molar-refractivity contribution in [3.05, 3.63) is 59.9 Å². The van der Waals surface area contributed by atoms with Crippen molar-refractivity contribution >= 4 is 17.5 Å². The van der Waals surface area contributed by atoms with Gasteiger partial charge in [0.15, 0.2) is 0 Å². The summed E-state index contributed by atoms with van der Waals surface area (Å²) in [5, 5.41) is 2.85. The Labute approximate surface area is 158 Å². The molecule has 1 aliphatic rings. The molecule has 0 bridgehead atoms. The normalized spacial score (nSPS) is 16.4. The standard InChI is InChI=1S/C21H23FN2O3/c1-2-11-23-21(26)16-12-20(25)24(13-16)18-7-9-19(10-8-18)27-14-15-3-5-17(22)6-4-15/h3-10,16H,2,11-14H2,1H3,(H,23,26)/t16-/m1/s1. The van der Waals surface area contributed by atoms with Crippen molar-refractivity contribution in [3.63, 3.8) is 0 Å². The number of hydrogen-bond acceptors (Lipinski definition) is 3. The first kappa shape index (κ1) is 18.9. The Morgan fingerprint density at radius 1 is 1.19 bits per heavy atom. The molecule has 27 heavy (non-hydrogen) atoms. The molecule has 0 unspecified atom stereocenters. The minimum absolute atomic E-state index is 0.0494. The number of ether oxygens (including phenoxy) is 1. The highest BCUT2D eigenvalue weighted by Crippen LogP contribution is 2.27. The second kappa shape index (κ2) is 8.66. The molecule has 1 fully saturated rings. The van der Waals surface area contributed by atoms with Crippen LogP contribution in [0.3, 0.4) is 0 Å². The van der Waals surface area contributed by atoms with Crippen molar-refractivity contribution in [2.24, 2.45) is 5.92 Å². The van der Waals surface area contributed by atoms with Crippen molar-refractivity contribution in [1.29, 1.82) is 0 Å². The SMILES string of the molecule is CCCNC(=O)[C@@H]1CC(=O)N(c2ccc(OCc3ccc(F)cc3)cc2)C1. The molecule has 0 aliphatic carbocycles. The molecule has 142 valence electrons. The van der Waals surface area contributed by atoms with Gasteiger partial charge in [-0.1, -0.05) is 19.1 Å². The third-order valence-corrected chi connectivity index (χ3v) is 4.51. The average Bonchev–Trinajstić information content (AvgIpc) is 3.08. The highest BCUT2D eigenvalue weighted by molar-refractivity contribution is 6.00. The fourth-order valence-electron chi connectivity index (χ4n) is 2.99. The lowest BCUT2D eigenvalue weighted by atomic mass is 10.1. The van der Waals surface area contributed by atoms with E-state index in [2.05, 4.69) is 5.32 Å². The summed E-state index contributed by atoms with van der Waals surface area (Å²) in [6, 6.07) is 13.3. The largest absolute Gasteiger partial charge is 0.489 e. The fraction of sp³-hybridized carbons (Fsp3) is 0.333. The van der Waals surface area contributed by atoms with Gasteiger partial charge in [0.2, 0.25) is 11.8 Å². The van der Waals surface area contributed by atoms with Gasteiger partial charge in [0.1, 0.15) is 18.2 Å². The number of amides is 2. The van der Waals surface area contributed by atoms with Crippen molar-refractivity contribution in [3.8, 4) is 5.75 Å². The van der Waals surface area contributed by atoms with Crippen molar-refractivity contribution in [1.82, 2.24) is 5.32 Å². The highest BCUT2D eigenvalue weighted by atomic mass is 19.1. The van der Waals surface area contributed by atoms with Gasteiger partial charge in [0.05, 0.1) is 5.92 Å². The lowest BCUT2D eigenvalue weighted by Gasteiger charge is -2.17. The van der Waals surface area contributed by atoms with Gasteiger partial charge in [-0.25, -0.2) is 4.39 Å². The Kier molecular flexibility index (Phi) is 6.06. The van der Waals surface area contributed by atoms with E-state index in [1.807, 2.05) is 19.1 Å². The van der Waals surface area contributed by atoms with E-state index in [1.165, 1.54) is 12.1 Å². The van der Waals surface area contributed by atoms with E-state index in [0.29, 0.717) is 25.4 Å². The molecule has 0 radical (unpaired) electrons. The van der Waals surface area contributed by atoms with Crippen LogP contribution in [0.15, 0.2) is 48.5 Å². The van der Waals surface area contributed by atoms with E-state index >= 15 is 0 Å². The monoisotopic (exact) mass is 370 g/mol. The minimum atomic E-state index is -0.307. The molecule has 1 N–H and O–H groups in total. The molecule has 0 aromatic heterocycles. The van der Waals surface area contributed by atoms with Gasteiger partial charge >= 0.3 is 0 Å². The van der Waals surface area contributed by atoms with Gasteiger partial charge < -0.3 is 15.0 Å². The number of benzene rings is 2. The third kappa shape index (κ3) is 4.84. The van der Waals surface area contributed by atoms with Gasteiger partial charge in [-0.2, -0.15) is 0 Å². The summed E-state index contributed by atoms with van der Waals surface area (Å²) < 4.78 is 18.6. The van der Waals surface area contributed by atoms with Gasteiger partial charge in [-0.15, -0.1) is 0 Å². The Hall–Kier alpha value is -2.89. The second-order valence-corrected chi connectivity index (χ2v) is 6.61. The zero-order valence-electron chi connectivity index (χ0n) is 15.3. The van der Waals surface area contributed by atoms with Gasteiger partial charge in [-0.3, -0.25) is 9.59 Å². The summed E-state index contributed by atoms with van der Waals surface area (Å²) in [7, 11) is 0. The first-order chi connectivity index (χ1) is 13.1. The first-order valence-corrected chi connectivity index (χ1v) is 9.12. The predicted octanol–water partition coefficient (Wildman–Crippen LogP) is 3.28. The van der Waals surface area contributed by atoms with Gasteiger partial charge in [0.25, 0.3) is 0 Å². The summed E-state index contributed by atoms with van der Waals surface area (Å²) in [6.07, 6.45) is 1.11. The first-order valence-electron chi connectivity index (χ1n) is 9.12. The van der Waals surface area contributed by atoms with E-state index in [-0.39, 0.29) is 30.0 Å². The van der Waals surface area contributed by atoms with Gasteiger partial charge in [0, 0.05) is 25.2 Å². The number of carbonyl (C=O) groups excluding carboxylic acids is 2. The minimum Gasteiger partial charge on any atom is -0.489 e. The maximum atomic E-state index is 12.9. The van der Waals surface area contributed by atoms with Crippen LogP contribution in [0.4, 0.5) is 10.1 Å². The molecule has 2 amide bonds. The van der Waals surface area contributed by atoms with Crippen LogP contribution in [-0.4, -0.2) is 24.9 Å². The van der Waals surface area contributed by atoms with E-state index in [4.69, 9.17) is 4.74 Å². The third-order valence-electron chi connectivity index (χ3n) is 4.51. The molecule has 1 heterocycles. The molecule has 1 aliphatic heterocycles. The number of carbonyl (C=O) groups is 2. The van der Waals surface area contributed by atoms with Crippen LogP contribution < -0.4 is 15.0 Å². The number of nitrogens with one attached hydrogen (secondary N) is 1. The number of hydrogen-bond donors (Lipinski definition) is 1. The van der Waals surface area contributed by atoms with Crippen molar-refractivity contribution in [2.45, 2.75) is 26.4 Å². The molecule has 0 spiro atoms. The summed E-state index contributed by atoms with van der Waals surface area (Å²) in [5.41, 5.74) is 1.62. The number of halogens is 1. The Balaban J connectivity index is 1.57. The van der Waals surface area contributed by atoms with Gasteiger partial charge in [-0.05, 0) is 48.4 Å². The van der Waals surface area contributed by atoms with Crippen LogP contribution in [0, 0.1) is 11.7 Å². The van der Waals surface area contributed by atoms with E-state index in [9.17, 15) is 14.0 Å². The van der Waals surface area contributed by atoms with Crippen LogP contribution in [0.5, 0.6) is 5.75 Å². The van der Waals surface area contributed by atoms with E-state index in [1.54, 1.807) is 29.2 Å². The number of nitrogens with zero attached hydrogens (tertiary/aromatic N) is 1. The molecular formula is C21H23FN2O3. The molecule has 6 heteroatoms. The Bertz CT molecular complexity index is 790. The number of anilines is 1. The highest BCUT2D eigenvalue weighted by Gasteiger charge is 2.34. The molecule has 2 aromatic rings. The van der Waals surface area contributed by atoms with Crippen LogP contribution >= 0.6 is 0 Å². The zero-order chi connectivity index (χ0) is 19.2. The lowest BCUT2D eigenvalue weighted by Crippen LogP contribution is -2.33. The molecule has 3 rings (SSSR count).